The van der Waals surface area contributed by atoms with E-state index < -0.39 is 0 Å². The third kappa shape index (κ3) is 3.10. The lowest BCUT2D eigenvalue weighted by atomic mass is 10.1. The molecule has 2 heterocycles. The second kappa shape index (κ2) is 6.65. The predicted octanol–water partition coefficient (Wildman–Crippen LogP) is 3.79. The van der Waals surface area contributed by atoms with Gasteiger partial charge in [0.25, 0.3) is 0 Å². The van der Waals surface area contributed by atoms with Crippen LogP contribution in [-0.4, -0.2) is 19.3 Å². The number of nitriles is 1. The molecule has 0 spiro atoms. The van der Waals surface area contributed by atoms with Crippen LogP contribution in [0.25, 0.3) is 17.1 Å². The van der Waals surface area contributed by atoms with Gasteiger partial charge >= 0.3 is 0 Å². The molecule has 4 aromatic rings. The SMILES string of the molecule is N#Cc1cccc(-c2nccn2Cc2cnn(-c3ccc(F)cc3)c2)c1. The molecule has 5 nitrogen and oxygen atoms in total. The van der Waals surface area contributed by atoms with Gasteiger partial charge in [0.2, 0.25) is 0 Å². The second-order valence-corrected chi connectivity index (χ2v) is 5.84. The molecule has 0 saturated carbocycles. The Morgan fingerprint density at radius 3 is 2.77 bits per heavy atom. The first-order valence-corrected chi connectivity index (χ1v) is 8.04. The van der Waals surface area contributed by atoms with E-state index in [9.17, 15) is 4.39 Å². The molecule has 0 amide bonds. The molecule has 0 saturated heterocycles. The van der Waals surface area contributed by atoms with E-state index in [4.69, 9.17) is 5.26 Å². The van der Waals surface area contributed by atoms with E-state index in [2.05, 4.69) is 16.2 Å². The van der Waals surface area contributed by atoms with Crippen molar-refractivity contribution >= 4 is 0 Å². The first-order valence-electron chi connectivity index (χ1n) is 8.04. The number of nitrogens with zero attached hydrogens (tertiary/aromatic N) is 5. The van der Waals surface area contributed by atoms with Crippen LogP contribution in [0.1, 0.15) is 11.1 Å². The summed E-state index contributed by atoms with van der Waals surface area (Å²) < 4.78 is 16.8. The maximum absolute atomic E-state index is 13.1. The highest BCUT2D eigenvalue weighted by atomic mass is 19.1. The van der Waals surface area contributed by atoms with Gasteiger partial charge in [0.15, 0.2) is 0 Å². The van der Waals surface area contributed by atoms with Gasteiger partial charge in [-0.3, -0.25) is 0 Å². The van der Waals surface area contributed by atoms with Gasteiger partial charge in [0.05, 0.1) is 30.1 Å². The Bertz CT molecular complexity index is 1090. The summed E-state index contributed by atoms with van der Waals surface area (Å²) in [6.07, 6.45) is 7.31. The van der Waals surface area contributed by atoms with Crippen LogP contribution in [0.15, 0.2) is 73.3 Å². The lowest BCUT2D eigenvalue weighted by Gasteiger charge is -2.07. The molecular formula is C20H14FN5. The quantitative estimate of drug-likeness (QED) is 0.566. The fraction of sp³-hybridized carbons (Fsp3) is 0.0500. The molecule has 2 aromatic carbocycles. The molecule has 4 rings (SSSR count). The standard InChI is InChI=1S/C20H14FN5/c21-18-4-6-19(7-5-18)26-14-16(12-24-26)13-25-9-8-23-20(25)17-3-1-2-15(10-17)11-22/h1-10,12,14H,13H2. The van der Waals surface area contributed by atoms with Crippen molar-refractivity contribution in [2.24, 2.45) is 0 Å². The first-order chi connectivity index (χ1) is 12.7. The fourth-order valence-corrected chi connectivity index (χ4v) is 2.80. The van der Waals surface area contributed by atoms with Gasteiger partial charge in [-0.2, -0.15) is 10.4 Å². The highest BCUT2D eigenvalue weighted by molar-refractivity contribution is 5.58. The van der Waals surface area contributed by atoms with Crippen molar-refractivity contribution in [2.75, 3.05) is 0 Å². The zero-order chi connectivity index (χ0) is 17.9. The van der Waals surface area contributed by atoms with Crippen LogP contribution in [0, 0.1) is 17.1 Å². The van der Waals surface area contributed by atoms with E-state index in [1.807, 2.05) is 35.2 Å². The van der Waals surface area contributed by atoms with Gasteiger partial charge in [0.1, 0.15) is 11.6 Å². The van der Waals surface area contributed by atoms with Crippen molar-refractivity contribution in [2.45, 2.75) is 6.54 Å². The molecule has 0 aliphatic carbocycles. The Labute approximate surface area is 149 Å². The van der Waals surface area contributed by atoms with Gasteiger partial charge in [0, 0.05) is 29.7 Å². The normalized spacial score (nSPS) is 10.6. The minimum Gasteiger partial charge on any atom is -0.326 e. The maximum Gasteiger partial charge on any atom is 0.140 e. The molecule has 126 valence electrons. The summed E-state index contributed by atoms with van der Waals surface area (Å²) in [4.78, 5) is 4.42. The minimum atomic E-state index is -0.274. The van der Waals surface area contributed by atoms with Crippen LogP contribution >= 0.6 is 0 Å². The van der Waals surface area contributed by atoms with Crippen molar-refractivity contribution in [3.63, 3.8) is 0 Å². The highest BCUT2D eigenvalue weighted by Gasteiger charge is 2.09. The molecule has 0 atom stereocenters. The molecule has 0 bridgehead atoms. The molecule has 26 heavy (non-hydrogen) atoms. The average Bonchev–Trinajstić information content (AvgIpc) is 3.32. The number of hydrogen-bond acceptors (Lipinski definition) is 3. The van der Waals surface area contributed by atoms with Crippen molar-refractivity contribution in [1.29, 1.82) is 5.26 Å². The minimum absolute atomic E-state index is 0.274. The number of rotatable bonds is 4. The van der Waals surface area contributed by atoms with Crippen LogP contribution in [0.5, 0.6) is 0 Å². The second-order valence-electron chi connectivity index (χ2n) is 5.84. The summed E-state index contributed by atoms with van der Waals surface area (Å²) >= 11 is 0. The van der Waals surface area contributed by atoms with Crippen LogP contribution in [0.4, 0.5) is 4.39 Å². The predicted molar refractivity (Wildman–Crippen MR) is 95.0 cm³/mol. The fourth-order valence-electron chi connectivity index (χ4n) is 2.80. The summed E-state index contributed by atoms with van der Waals surface area (Å²) in [5.74, 6) is 0.514. The number of hydrogen-bond donors (Lipinski definition) is 0. The van der Waals surface area contributed by atoms with Crippen molar-refractivity contribution in [3.8, 4) is 23.1 Å². The van der Waals surface area contributed by atoms with Gasteiger partial charge in [-0.15, -0.1) is 0 Å². The van der Waals surface area contributed by atoms with E-state index >= 15 is 0 Å². The Morgan fingerprint density at radius 1 is 1.12 bits per heavy atom. The molecule has 0 fully saturated rings. The van der Waals surface area contributed by atoms with E-state index in [1.165, 1.54) is 12.1 Å². The Hall–Kier alpha value is -3.72. The van der Waals surface area contributed by atoms with Gasteiger partial charge in [-0.1, -0.05) is 12.1 Å². The monoisotopic (exact) mass is 343 g/mol. The summed E-state index contributed by atoms with van der Waals surface area (Å²) in [5.41, 5.74) is 3.27. The molecule has 0 aliphatic rings. The Balaban J connectivity index is 1.60. The lowest BCUT2D eigenvalue weighted by Crippen LogP contribution is -2.00. The highest BCUT2D eigenvalue weighted by Crippen LogP contribution is 2.20. The van der Waals surface area contributed by atoms with E-state index in [0.29, 0.717) is 12.1 Å². The molecule has 0 aliphatic heterocycles. The topological polar surface area (TPSA) is 59.4 Å². The smallest absolute Gasteiger partial charge is 0.140 e. The number of aromatic nitrogens is 4. The maximum atomic E-state index is 13.1. The number of halogens is 1. The summed E-state index contributed by atoms with van der Waals surface area (Å²) in [6.45, 7) is 0.591. The van der Waals surface area contributed by atoms with Crippen LogP contribution < -0.4 is 0 Å². The van der Waals surface area contributed by atoms with Crippen molar-refractivity contribution in [3.05, 3.63) is 90.3 Å². The van der Waals surface area contributed by atoms with Crippen LogP contribution in [0.2, 0.25) is 0 Å². The van der Waals surface area contributed by atoms with Crippen molar-refractivity contribution < 1.29 is 4.39 Å². The summed E-state index contributed by atoms with van der Waals surface area (Å²) in [6, 6.07) is 15.7. The number of benzene rings is 2. The summed E-state index contributed by atoms with van der Waals surface area (Å²) in [5, 5.41) is 13.4. The van der Waals surface area contributed by atoms with Crippen molar-refractivity contribution in [1.82, 2.24) is 19.3 Å². The molecule has 0 radical (unpaired) electrons. The molecule has 0 N–H and O–H groups in total. The van der Waals surface area contributed by atoms with Gasteiger partial charge < -0.3 is 4.57 Å². The van der Waals surface area contributed by atoms with Gasteiger partial charge in [-0.25, -0.2) is 14.1 Å². The van der Waals surface area contributed by atoms with Gasteiger partial charge in [-0.05, 0) is 36.4 Å². The average molecular weight is 343 g/mol. The number of imidazole rings is 1. The third-order valence-corrected chi connectivity index (χ3v) is 4.05. The van der Waals surface area contributed by atoms with E-state index in [-0.39, 0.29) is 5.82 Å². The first kappa shape index (κ1) is 15.8. The Kier molecular flexibility index (Phi) is 4.04. The van der Waals surface area contributed by atoms with Crippen LogP contribution in [-0.2, 0) is 6.54 Å². The molecular weight excluding hydrogens is 329 g/mol. The van der Waals surface area contributed by atoms with Crippen LogP contribution in [0.3, 0.4) is 0 Å². The molecule has 0 unspecified atom stereocenters. The summed E-state index contributed by atoms with van der Waals surface area (Å²) in [7, 11) is 0. The molecule has 2 aromatic heterocycles. The zero-order valence-corrected chi connectivity index (χ0v) is 13.7. The zero-order valence-electron chi connectivity index (χ0n) is 13.7. The third-order valence-electron chi connectivity index (χ3n) is 4.05. The largest absolute Gasteiger partial charge is 0.326 e. The lowest BCUT2D eigenvalue weighted by molar-refractivity contribution is 0.627. The van der Waals surface area contributed by atoms with E-state index in [1.54, 1.807) is 35.3 Å². The molecule has 6 heteroatoms. The van der Waals surface area contributed by atoms with E-state index in [0.717, 1.165) is 22.6 Å². The Morgan fingerprint density at radius 2 is 1.96 bits per heavy atom.